The van der Waals surface area contributed by atoms with Crippen molar-refractivity contribution in [3.63, 3.8) is 0 Å². The highest BCUT2D eigenvalue weighted by atomic mass is 35.5. The molecule has 1 unspecified atom stereocenters. The molecule has 0 aliphatic carbocycles. The maximum absolute atomic E-state index is 6.07. The lowest BCUT2D eigenvalue weighted by atomic mass is 10.0. The van der Waals surface area contributed by atoms with Gasteiger partial charge in [-0.15, -0.1) is 22.9 Å². The van der Waals surface area contributed by atoms with Gasteiger partial charge in [0.15, 0.2) is 5.13 Å². The molecule has 14 heavy (non-hydrogen) atoms. The zero-order valence-electron chi connectivity index (χ0n) is 9.10. The molecular weight excluding hydrogens is 216 g/mol. The van der Waals surface area contributed by atoms with Crippen LogP contribution in [0.25, 0.3) is 0 Å². The van der Waals surface area contributed by atoms with Gasteiger partial charge in [-0.25, -0.2) is 4.98 Å². The van der Waals surface area contributed by atoms with Gasteiger partial charge in [0.1, 0.15) is 0 Å². The number of nitrogens with one attached hydrogen (secondary N) is 1. The number of aromatic nitrogens is 1. The van der Waals surface area contributed by atoms with Gasteiger partial charge in [0.25, 0.3) is 0 Å². The Morgan fingerprint density at radius 2 is 2.29 bits per heavy atom. The molecule has 0 bridgehead atoms. The van der Waals surface area contributed by atoms with E-state index in [1.165, 1.54) is 0 Å². The van der Waals surface area contributed by atoms with Crippen molar-refractivity contribution in [1.29, 1.82) is 0 Å². The summed E-state index contributed by atoms with van der Waals surface area (Å²) in [6.07, 6.45) is 0.981. The van der Waals surface area contributed by atoms with Crippen molar-refractivity contribution in [3.05, 3.63) is 11.1 Å². The summed E-state index contributed by atoms with van der Waals surface area (Å²) in [5, 5.41) is 6.45. The first-order valence-corrected chi connectivity index (χ1v) is 6.14. The number of thiazole rings is 1. The van der Waals surface area contributed by atoms with Crippen LogP contribution in [0.4, 0.5) is 5.13 Å². The number of rotatable bonds is 4. The van der Waals surface area contributed by atoms with E-state index in [4.69, 9.17) is 11.6 Å². The lowest BCUT2D eigenvalue weighted by Gasteiger charge is -2.28. The monoisotopic (exact) mass is 232 g/mol. The third-order valence-corrected chi connectivity index (χ3v) is 3.69. The molecule has 1 atom stereocenters. The second-order valence-corrected chi connectivity index (χ2v) is 5.47. The van der Waals surface area contributed by atoms with Crippen molar-refractivity contribution in [2.24, 2.45) is 0 Å². The summed E-state index contributed by atoms with van der Waals surface area (Å²) in [6, 6.07) is 0. The Bertz CT molecular complexity index is 294. The molecule has 0 spiro atoms. The van der Waals surface area contributed by atoms with E-state index >= 15 is 0 Å². The normalized spacial score (nSPS) is 14.1. The maximum Gasteiger partial charge on any atom is 0.183 e. The van der Waals surface area contributed by atoms with Gasteiger partial charge in [0, 0.05) is 10.9 Å². The molecule has 2 nitrogen and oxygen atoms in total. The fourth-order valence-corrected chi connectivity index (χ4v) is 1.92. The van der Waals surface area contributed by atoms with Crippen LogP contribution in [-0.2, 0) is 6.42 Å². The number of alkyl halides is 1. The molecule has 1 rings (SSSR count). The number of anilines is 1. The summed E-state index contributed by atoms with van der Waals surface area (Å²) in [5.41, 5.74) is 1.01. The molecule has 0 saturated carbocycles. The van der Waals surface area contributed by atoms with E-state index in [0.717, 1.165) is 17.2 Å². The van der Waals surface area contributed by atoms with Gasteiger partial charge in [-0.1, -0.05) is 6.92 Å². The molecular formula is C10H17ClN2S. The molecule has 1 aromatic heterocycles. The third kappa shape index (κ3) is 2.85. The Morgan fingerprint density at radius 3 is 2.71 bits per heavy atom. The molecule has 1 aromatic rings. The molecule has 1 heterocycles. The molecule has 0 amide bonds. The van der Waals surface area contributed by atoms with E-state index in [0.29, 0.717) is 0 Å². The van der Waals surface area contributed by atoms with E-state index in [2.05, 4.69) is 36.5 Å². The predicted octanol–water partition coefficient (Wildman–Crippen LogP) is 3.52. The lowest BCUT2D eigenvalue weighted by molar-refractivity contribution is 0.554. The van der Waals surface area contributed by atoms with Crippen molar-refractivity contribution in [1.82, 2.24) is 4.98 Å². The van der Waals surface area contributed by atoms with Crippen LogP contribution in [0.3, 0.4) is 0 Å². The fraction of sp³-hybridized carbons (Fsp3) is 0.700. The number of nitrogens with zero attached hydrogens (tertiary/aromatic N) is 1. The molecule has 1 N–H and O–H groups in total. The van der Waals surface area contributed by atoms with Crippen LogP contribution < -0.4 is 5.32 Å². The van der Waals surface area contributed by atoms with Crippen LogP contribution in [0.1, 0.15) is 33.4 Å². The Hall–Kier alpha value is -0.280. The average Bonchev–Trinajstić information content (AvgIpc) is 2.51. The first-order valence-electron chi connectivity index (χ1n) is 4.82. The summed E-state index contributed by atoms with van der Waals surface area (Å²) in [5.74, 6) is 0. The Kier molecular flexibility index (Phi) is 3.78. The maximum atomic E-state index is 6.07. The first-order chi connectivity index (χ1) is 6.45. The van der Waals surface area contributed by atoms with Gasteiger partial charge >= 0.3 is 0 Å². The molecule has 0 fully saturated rings. The molecule has 0 saturated heterocycles. The van der Waals surface area contributed by atoms with E-state index < -0.39 is 0 Å². The minimum Gasteiger partial charge on any atom is -0.355 e. The largest absolute Gasteiger partial charge is 0.355 e. The zero-order chi connectivity index (χ0) is 10.8. The highest BCUT2D eigenvalue weighted by molar-refractivity contribution is 7.13. The number of hydrogen-bond acceptors (Lipinski definition) is 3. The van der Waals surface area contributed by atoms with E-state index in [1.54, 1.807) is 11.3 Å². The Balaban J connectivity index is 2.68. The highest BCUT2D eigenvalue weighted by Gasteiger charge is 2.24. The topological polar surface area (TPSA) is 24.9 Å². The number of halogens is 1. The van der Waals surface area contributed by atoms with Gasteiger partial charge in [-0.05, 0) is 27.2 Å². The fourth-order valence-electron chi connectivity index (χ4n) is 0.902. The van der Waals surface area contributed by atoms with Crippen molar-refractivity contribution < 1.29 is 0 Å². The van der Waals surface area contributed by atoms with Crippen LogP contribution in [0.15, 0.2) is 5.38 Å². The van der Waals surface area contributed by atoms with Crippen molar-refractivity contribution >= 4 is 28.1 Å². The average molecular weight is 233 g/mol. The lowest BCUT2D eigenvalue weighted by Crippen LogP contribution is -2.38. The minimum atomic E-state index is -0.121. The summed E-state index contributed by atoms with van der Waals surface area (Å²) in [4.78, 5) is 4.45. The zero-order valence-corrected chi connectivity index (χ0v) is 10.7. The Morgan fingerprint density at radius 1 is 1.64 bits per heavy atom. The van der Waals surface area contributed by atoms with Crippen molar-refractivity contribution in [2.75, 3.05) is 5.32 Å². The minimum absolute atomic E-state index is 0.0662. The molecule has 0 aliphatic rings. The quantitative estimate of drug-likeness (QED) is 0.804. The van der Waals surface area contributed by atoms with Gasteiger partial charge in [0.2, 0.25) is 0 Å². The van der Waals surface area contributed by atoms with Gasteiger partial charge in [0.05, 0.1) is 11.1 Å². The third-order valence-electron chi connectivity index (χ3n) is 2.34. The van der Waals surface area contributed by atoms with E-state index in [1.807, 2.05) is 6.92 Å². The van der Waals surface area contributed by atoms with Crippen LogP contribution in [-0.4, -0.2) is 15.9 Å². The summed E-state index contributed by atoms with van der Waals surface area (Å²) >= 11 is 7.71. The molecule has 0 radical (unpaired) electrons. The van der Waals surface area contributed by atoms with Crippen LogP contribution in [0.2, 0.25) is 0 Å². The molecule has 0 aliphatic heterocycles. The smallest absolute Gasteiger partial charge is 0.183 e. The molecule has 4 heteroatoms. The molecule has 80 valence electrons. The number of aryl methyl sites for hydroxylation is 1. The van der Waals surface area contributed by atoms with Crippen LogP contribution in [0.5, 0.6) is 0 Å². The summed E-state index contributed by atoms with van der Waals surface area (Å²) < 4.78 is 0. The van der Waals surface area contributed by atoms with Crippen LogP contribution in [0, 0.1) is 0 Å². The van der Waals surface area contributed by atoms with Gasteiger partial charge in [-0.2, -0.15) is 0 Å². The second-order valence-electron chi connectivity index (χ2n) is 3.96. The predicted molar refractivity (Wildman–Crippen MR) is 64.5 cm³/mol. The van der Waals surface area contributed by atoms with E-state index in [9.17, 15) is 0 Å². The number of hydrogen-bond donors (Lipinski definition) is 1. The molecule has 0 aromatic carbocycles. The second kappa shape index (κ2) is 4.49. The van der Waals surface area contributed by atoms with Crippen molar-refractivity contribution in [3.8, 4) is 0 Å². The highest BCUT2D eigenvalue weighted by Crippen LogP contribution is 2.24. The van der Waals surface area contributed by atoms with Crippen LogP contribution >= 0.6 is 22.9 Å². The summed E-state index contributed by atoms with van der Waals surface area (Å²) in [6.45, 7) is 8.26. The summed E-state index contributed by atoms with van der Waals surface area (Å²) in [7, 11) is 0. The van der Waals surface area contributed by atoms with Crippen molar-refractivity contribution in [2.45, 2.75) is 45.0 Å². The first kappa shape index (κ1) is 11.8. The van der Waals surface area contributed by atoms with Gasteiger partial charge < -0.3 is 5.32 Å². The standard InChI is InChI=1S/C10H17ClN2S/c1-5-8-6-14-9(12-8)13-10(3,4)7(2)11/h6-7H,5H2,1-4H3,(H,12,13). The van der Waals surface area contributed by atoms with Gasteiger partial charge in [-0.3, -0.25) is 0 Å². The van der Waals surface area contributed by atoms with E-state index in [-0.39, 0.29) is 10.9 Å². The SMILES string of the molecule is CCc1csc(NC(C)(C)C(C)Cl)n1. The Labute approximate surface area is 94.7 Å².